The lowest BCUT2D eigenvalue weighted by Gasteiger charge is -2.34. The lowest BCUT2D eigenvalue weighted by molar-refractivity contribution is -0.00562. The van der Waals surface area contributed by atoms with Crippen LogP contribution in [0.4, 0.5) is 0 Å². The van der Waals surface area contributed by atoms with Crippen LogP contribution in [0, 0.1) is 5.41 Å². The number of methoxy groups -OCH3 is 1. The zero-order valence-corrected chi connectivity index (χ0v) is 13.0. The van der Waals surface area contributed by atoms with Gasteiger partial charge < -0.3 is 14.6 Å². The van der Waals surface area contributed by atoms with Gasteiger partial charge in [0.05, 0.1) is 19.8 Å². The van der Waals surface area contributed by atoms with E-state index >= 15 is 0 Å². The lowest BCUT2D eigenvalue weighted by atomic mass is 9.76. The van der Waals surface area contributed by atoms with Crippen LogP contribution in [0.25, 0.3) is 0 Å². The van der Waals surface area contributed by atoms with Crippen molar-refractivity contribution in [2.75, 3.05) is 7.11 Å². The van der Waals surface area contributed by atoms with Crippen molar-refractivity contribution in [1.82, 2.24) is 0 Å². The monoisotopic (exact) mass is 292 g/mol. The number of ether oxygens (including phenoxy) is 2. The first-order valence-electron chi connectivity index (χ1n) is 7.43. The highest BCUT2D eigenvalue weighted by Gasteiger charge is 2.27. The molecule has 0 bridgehead atoms. The number of aromatic carboxylic acids is 1. The van der Waals surface area contributed by atoms with E-state index in [1.807, 2.05) is 6.07 Å². The van der Waals surface area contributed by atoms with E-state index in [0.717, 1.165) is 18.4 Å². The molecule has 0 radical (unpaired) electrons. The van der Waals surface area contributed by atoms with E-state index < -0.39 is 5.97 Å². The van der Waals surface area contributed by atoms with Gasteiger partial charge >= 0.3 is 5.97 Å². The Morgan fingerprint density at radius 3 is 2.57 bits per heavy atom. The van der Waals surface area contributed by atoms with Crippen LogP contribution in [0.1, 0.15) is 55.5 Å². The highest BCUT2D eigenvalue weighted by atomic mass is 16.5. The molecule has 0 heterocycles. The van der Waals surface area contributed by atoms with E-state index in [1.54, 1.807) is 12.1 Å². The molecule has 0 spiro atoms. The van der Waals surface area contributed by atoms with Crippen molar-refractivity contribution in [1.29, 1.82) is 0 Å². The van der Waals surface area contributed by atoms with E-state index in [9.17, 15) is 9.90 Å². The summed E-state index contributed by atoms with van der Waals surface area (Å²) in [5.41, 5.74) is 1.48. The second-order valence-electron chi connectivity index (χ2n) is 6.51. The Bertz CT molecular complexity index is 498. The van der Waals surface area contributed by atoms with Gasteiger partial charge in [0.25, 0.3) is 0 Å². The average molecular weight is 292 g/mol. The quantitative estimate of drug-likeness (QED) is 0.894. The van der Waals surface area contributed by atoms with Gasteiger partial charge in [-0.2, -0.15) is 0 Å². The molecule has 1 aliphatic rings. The Hall–Kier alpha value is -1.55. The largest absolute Gasteiger partial charge is 0.496 e. The molecule has 4 nitrogen and oxygen atoms in total. The van der Waals surface area contributed by atoms with Gasteiger partial charge in [-0.1, -0.05) is 19.9 Å². The highest BCUT2D eigenvalue weighted by Crippen LogP contribution is 2.36. The van der Waals surface area contributed by atoms with Crippen molar-refractivity contribution in [3.8, 4) is 5.75 Å². The summed E-state index contributed by atoms with van der Waals surface area (Å²) in [6.07, 6.45) is 4.80. The minimum absolute atomic E-state index is 0.184. The fourth-order valence-electron chi connectivity index (χ4n) is 2.77. The predicted molar refractivity (Wildman–Crippen MR) is 80.8 cm³/mol. The Kier molecular flexibility index (Phi) is 4.88. The molecule has 0 aliphatic heterocycles. The lowest BCUT2D eigenvalue weighted by Crippen LogP contribution is -2.26. The van der Waals surface area contributed by atoms with E-state index in [4.69, 9.17) is 9.47 Å². The molecule has 21 heavy (non-hydrogen) atoms. The van der Waals surface area contributed by atoms with Gasteiger partial charge in [0.2, 0.25) is 0 Å². The van der Waals surface area contributed by atoms with Crippen LogP contribution in [0.3, 0.4) is 0 Å². The number of hydrogen-bond donors (Lipinski definition) is 1. The molecule has 0 unspecified atom stereocenters. The van der Waals surface area contributed by atoms with Crippen molar-refractivity contribution in [2.45, 2.75) is 52.2 Å². The maximum Gasteiger partial charge on any atom is 0.339 e. The number of rotatable bonds is 5. The molecule has 2 rings (SSSR count). The van der Waals surface area contributed by atoms with Gasteiger partial charge in [0.15, 0.2) is 0 Å². The number of carboxylic acid groups (broad SMARTS) is 1. The van der Waals surface area contributed by atoms with Gasteiger partial charge in [0, 0.05) is 0 Å². The van der Waals surface area contributed by atoms with Crippen molar-refractivity contribution >= 4 is 5.97 Å². The second-order valence-corrected chi connectivity index (χ2v) is 6.51. The Balaban J connectivity index is 1.95. The van der Waals surface area contributed by atoms with Crippen molar-refractivity contribution in [2.24, 2.45) is 5.41 Å². The number of carboxylic acids is 1. The molecular formula is C17H24O4. The molecule has 1 saturated carbocycles. The Morgan fingerprint density at radius 2 is 2.00 bits per heavy atom. The molecular weight excluding hydrogens is 268 g/mol. The SMILES string of the molecule is COc1ccc(COC2CCC(C)(C)CC2)cc1C(=O)O. The van der Waals surface area contributed by atoms with E-state index in [-0.39, 0.29) is 11.7 Å². The predicted octanol–water partition coefficient (Wildman–Crippen LogP) is 3.88. The van der Waals surface area contributed by atoms with Crippen LogP contribution in [-0.2, 0) is 11.3 Å². The molecule has 0 atom stereocenters. The summed E-state index contributed by atoms with van der Waals surface area (Å²) < 4.78 is 11.0. The minimum atomic E-state index is -0.979. The second kappa shape index (κ2) is 6.48. The fourth-order valence-corrected chi connectivity index (χ4v) is 2.77. The summed E-state index contributed by atoms with van der Waals surface area (Å²) in [5, 5.41) is 9.17. The normalized spacial score (nSPS) is 18.4. The average Bonchev–Trinajstić information content (AvgIpc) is 2.45. The zero-order valence-electron chi connectivity index (χ0n) is 13.0. The smallest absolute Gasteiger partial charge is 0.339 e. The standard InChI is InChI=1S/C17H24O4/c1-17(2)8-6-13(7-9-17)21-11-12-4-5-15(20-3)14(10-12)16(18)19/h4-5,10,13H,6-9,11H2,1-3H3,(H,18,19). The molecule has 4 heteroatoms. The molecule has 0 amide bonds. The topological polar surface area (TPSA) is 55.8 Å². The van der Waals surface area contributed by atoms with Crippen molar-refractivity contribution in [3.63, 3.8) is 0 Å². The Labute approximate surface area is 126 Å². The van der Waals surface area contributed by atoms with Gasteiger partial charge in [-0.25, -0.2) is 4.79 Å². The van der Waals surface area contributed by atoms with E-state index in [1.165, 1.54) is 20.0 Å². The molecule has 1 aromatic carbocycles. The molecule has 1 aromatic rings. The number of benzene rings is 1. The van der Waals surface area contributed by atoms with Crippen LogP contribution >= 0.6 is 0 Å². The van der Waals surface area contributed by atoms with Crippen LogP contribution in [-0.4, -0.2) is 24.3 Å². The molecule has 1 aliphatic carbocycles. The summed E-state index contributed by atoms with van der Waals surface area (Å²) in [7, 11) is 1.47. The van der Waals surface area contributed by atoms with Crippen molar-refractivity contribution < 1.29 is 19.4 Å². The minimum Gasteiger partial charge on any atom is -0.496 e. The van der Waals surface area contributed by atoms with Gasteiger partial charge in [-0.15, -0.1) is 0 Å². The molecule has 1 N–H and O–H groups in total. The molecule has 116 valence electrons. The Morgan fingerprint density at radius 1 is 1.33 bits per heavy atom. The summed E-state index contributed by atoms with van der Waals surface area (Å²) in [4.78, 5) is 11.2. The van der Waals surface area contributed by atoms with Crippen LogP contribution in [0.2, 0.25) is 0 Å². The van der Waals surface area contributed by atoms with Crippen LogP contribution in [0.5, 0.6) is 5.75 Å². The zero-order chi connectivity index (χ0) is 15.5. The third kappa shape index (κ3) is 4.21. The third-order valence-corrected chi connectivity index (χ3v) is 4.27. The van der Waals surface area contributed by atoms with E-state index in [2.05, 4.69) is 13.8 Å². The van der Waals surface area contributed by atoms with Crippen molar-refractivity contribution in [3.05, 3.63) is 29.3 Å². The first-order valence-corrected chi connectivity index (χ1v) is 7.43. The number of carbonyl (C=O) groups is 1. The number of hydrogen-bond acceptors (Lipinski definition) is 3. The van der Waals surface area contributed by atoms with E-state index in [0.29, 0.717) is 17.8 Å². The van der Waals surface area contributed by atoms with Gasteiger partial charge in [-0.3, -0.25) is 0 Å². The maximum absolute atomic E-state index is 11.2. The summed E-state index contributed by atoms with van der Waals surface area (Å²) in [5.74, 6) is -0.598. The molecule has 0 saturated heterocycles. The molecule has 0 aromatic heterocycles. The first-order chi connectivity index (χ1) is 9.91. The van der Waals surface area contributed by atoms with Gasteiger partial charge in [-0.05, 0) is 48.8 Å². The van der Waals surface area contributed by atoms with Crippen LogP contribution in [0.15, 0.2) is 18.2 Å². The van der Waals surface area contributed by atoms with Gasteiger partial charge in [0.1, 0.15) is 11.3 Å². The summed E-state index contributed by atoms with van der Waals surface area (Å²) in [6.45, 7) is 5.05. The van der Waals surface area contributed by atoms with Crippen LogP contribution < -0.4 is 4.74 Å². The first kappa shape index (κ1) is 15.8. The summed E-state index contributed by atoms with van der Waals surface area (Å²) >= 11 is 0. The molecule has 1 fully saturated rings. The third-order valence-electron chi connectivity index (χ3n) is 4.27. The fraction of sp³-hybridized carbons (Fsp3) is 0.588. The highest BCUT2D eigenvalue weighted by molar-refractivity contribution is 5.91. The summed E-state index contributed by atoms with van der Waals surface area (Å²) in [6, 6.07) is 5.18. The maximum atomic E-state index is 11.2.